The van der Waals surface area contributed by atoms with Gasteiger partial charge in [-0.2, -0.15) is 5.10 Å². The molecule has 2 aromatic heterocycles. The SMILES string of the molecule is COCc1nc(-c2cc3ccccc3s2)n[nH]1. The van der Waals surface area contributed by atoms with Crippen LogP contribution in [-0.4, -0.2) is 22.3 Å². The highest BCUT2D eigenvalue weighted by molar-refractivity contribution is 7.22. The van der Waals surface area contributed by atoms with Crippen LogP contribution < -0.4 is 0 Å². The van der Waals surface area contributed by atoms with Gasteiger partial charge in [-0.05, 0) is 17.5 Å². The number of H-pyrrole nitrogens is 1. The highest BCUT2D eigenvalue weighted by Crippen LogP contribution is 2.31. The van der Waals surface area contributed by atoms with Gasteiger partial charge in [-0.15, -0.1) is 11.3 Å². The lowest BCUT2D eigenvalue weighted by Gasteiger charge is -1.89. The van der Waals surface area contributed by atoms with Crippen LogP contribution in [-0.2, 0) is 11.3 Å². The van der Waals surface area contributed by atoms with E-state index in [1.54, 1.807) is 18.4 Å². The summed E-state index contributed by atoms with van der Waals surface area (Å²) in [6.07, 6.45) is 0. The number of nitrogens with zero attached hydrogens (tertiary/aromatic N) is 2. The van der Waals surface area contributed by atoms with Crippen molar-refractivity contribution < 1.29 is 4.74 Å². The lowest BCUT2D eigenvalue weighted by molar-refractivity contribution is 0.178. The van der Waals surface area contributed by atoms with E-state index in [2.05, 4.69) is 33.4 Å². The summed E-state index contributed by atoms with van der Waals surface area (Å²) in [6, 6.07) is 10.4. The monoisotopic (exact) mass is 245 g/mol. The molecule has 5 heteroatoms. The summed E-state index contributed by atoms with van der Waals surface area (Å²) >= 11 is 1.70. The van der Waals surface area contributed by atoms with E-state index in [-0.39, 0.29) is 0 Å². The molecule has 0 amide bonds. The van der Waals surface area contributed by atoms with Gasteiger partial charge in [0.05, 0.1) is 4.88 Å². The molecule has 1 N–H and O–H groups in total. The molecule has 3 aromatic rings. The fourth-order valence-corrected chi connectivity index (χ4v) is 2.70. The number of methoxy groups -OCH3 is 1. The van der Waals surface area contributed by atoms with Gasteiger partial charge in [-0.3, -0.25) is 5.10 Å². The van der Waals surface area contributed by atoms with Gasteiger partial charge in [0.2, 0.25) is 0 Å². The zero-order valence-corrected chi connectivity index (χ0v) is 10.1. The number of hydrogen-bond donors (Lipinski definition) is 1. The van der Waals surface area contributed by atoms with Crippen molar-refractivity contribution in [3.63, 3.8) is 0 Å². The van der Waals surface area contributed by atoms with Gasteiger partial charge in [0.25, 0.3) is 0 Å². The fraction of sp³-hybridized carbons (Fsp3) is 0.167. The quantitative estimate of drug-likeness (QED) is 0.772. The van der Waals surface area contributed by atoms with Crippen LogP contribution in [0.4, 0.5) is 0 Å². The third-order valence-corrected chi connectivity index (χ3v) is 3.57. The predicted molar refractivity (Wildman–Crippen MR) is 67.9 cm³/mol. The van der Waals surface area contributed by atoms with Crippen LogP contribution in [0.3, 0.4) is 0 Å². The van der Waals surface area contributed by atoms with Crippen molar-refractivity contribution in [2.45, 2.75) is 6.61 Å². The molecule has 0 aliphatic rings. The van der Waals surface area contributed by atoms with Crippen molar-refractivity contribution >= 4 is 21.4 Å². The van der Waals surface area contributed by atoms with E-state index < -0.39 is 0 Å². The first kappa shape index (κ1) is 10.4. The van der Waals surface area contributed by atoms with Gasteiger partial charge < -0.3 is 4.74 Å². The Morgan fingerprint density at radius 1 is 1.35 bits per heavy atom. The molecule has 0 aliphatic carbocycles. The summed E-state index contributed by atoms with van der Waals surface area (Å²) in [5.41, 5.74) is 0. The van der Waals surface area contributed by atoms with Gasteiger partial charge in [0.15, 0.2) is 11.6 Å². The maximum Gasteiger partial charge on any atom is 0.191 e. The second kappa shape index (κ2) is 4.27. The summed E-state index contributed by atoms with van der Waals surface area (Å²) < 4.78 is 6.26. The Morgan fingerprint density at radius 2 is 2.24 bits per heavy atom. The molecule has 2 heterocycles. The Bertz CT molecular complexity index is 611. The number of aromatic amines is 1. The molecule has 3 rings (SSSR count). The number of benzene rings is 1. The summed E-state index contributed by atoms with van der Waals surface area (Å²) in [5.74, 6) is 1.48. The highest BCUT2D eigenvalue weighted by atomic mass is 32.1. The molecular formula is C12H11N3OS. The van der Waals surface area contributed by atoms with Crippen molar-refractivity contribution in [2.75, 3.05) is 7.11 Å². The Balaban J connectivity index is 2.01. The first-order chi connectivity index (χ1) is 8.36. The number of nitrogens with one attached hydrogen (secondary N) is 1. The van der Waals surface area contributed by atoms with Crippen LogP contribution in [0.5, 0.6) is 0 Å². The van der Waals surface area contributed by atoms with Crippen molar-refractivity contribution in [3.05, 3.63) is 36.2 Å². The second-order valence-electron chi connectivity index (χ2n) is 3.69. The molecule has 0 radical (unpaired) electrons. The molecule has 0 fully saturated rings. The minimum Gasteiger partial charge on any atom is -0.377 e. The van der Waals surface area contributed by atoms with Crippen LogP contribution in [0.25, 0.3) is 20.8 Å². The van der Waals surface area contributed by atoms with Crippen LogP contribution in [0.1, 0.15) is 5.82 Å². The van der Waals surface area contributed by atoms with Gasteiger partial charge >= 0.3 is 0 Å². The third-order valence-electron chi connectivity index (χ3n) is 2.46. The number of rotatable bonds is 3. The first-order valence-corrected chi connectivity index (χ1v) is 6.07. The molecule has 0 saturated carbocycles. The number of thiophene rings is 1. The Hall–Kier alpha value is -1.72. The van der Waals surface area contributed by atoms with E-state index in [1.807, 2.05) is 12.1 Å². The van der Waals surface area contributed by atoms with E-state index in [9.17, 15) is 0 Å². The molecule has 0 bridgehead atoms. The first-order valence-electron chi connectivity index (χ1n) is 5.26. The van der Waals surface area contributed by atoms with Crippen molar-refractivity contribution in [1.29, 1.82) is 0 Å². The van der Waals surface area contributed by atoms with E-state index in [0.717, 1.165) is 16.5 Å². The standard InChI is InChI=1S/C12H11N3OS/c1-16-7-11-13-12(15-14-11)10-6-8-4-2-3-5-9(8)17-10/h2-6H,7H2,1H3,(H,13,14,15). The zero-order valence-electron chi connectivity index (χ0n) is 9.30. The topological polar surface area (TPSA) is 50.8 Å². The predicted octanol–water partition coefficient (Wildman–Crippen LogP) is 2.83. The highest BCUT2D eigenvalue weighted by Gasteiger charge is 2.09. The molecule has 1 aromatic carbocycles. The Labute approximate surface area is 102 Å². The number of hydrogen-bond acceptors (Lipinski definition) is 4. The maximum absolute atomic E-state index is 5.01. The molecule has 86 valence electrons. The van der Waals surface area contributed by atoms with Crippen LogP contribution >= 0.6 is 11.3 Å². The van der Waals surface area contributed by atoms with Crippen LogP contribution in [0, 0.1) is 0 Å². The summed E-state index contributed by atoms with van der Waals surface area (Å²) in [6.45, 7) is 0.456. The lowest BCUT2D eigenvalue weighted by Crippen LogP contribution is -1.89. The summed E-state index contributed by atoms with van der Waals surface area (Å²) in [7, 11) is 1.64. The molecular weight excluding hydrogens is 234 g/mol. The average molecular weight is 245 g/mol. The van der Waals surface area contributed by atoms with Crippen molar-refractivity contribution in [2.24, 2.45) is 0 Å². The van der Waals surface area contributed by atoms with Crippen molar-refractivity contribution in [3.8, 4) is 10.7 Å². The Morgan fingerprint density at radius 3 is 3.06 bits per heavy atom. The van der Waals surface area contributed by atoms with E-state index in [0.29, 0.717) is 6.61 Å². The minimum absolute atomic E-state index is 0.456. The fourth-order valence-electron chi connectivity index (χ4n) is 1.70. The van der Waals surface area contributed by atoms with Crippen LogP contribution in [0.15, 0.2) is 30.3 Å². The number of fused-ring (bicyclic) bond motifs is 1. The van der Waals surface area contributed by atoms with E-state index in [4.69, 9.17) is 4.74 Å². The Kier molecular flexibility index (Phi) is 2.62. The number of aromatic nitrogens is 3. The minimum atomic E-state index is 0.456. The van der Waals surface area contributed by atoms with Gasteiger partial charge in [-0.1, -0.05) is 18.2 Å². The summed E-state index contributed by atoms with van der Waals surface area (Å²) in [4.78, 5) is 5.46. The summed E-state index contributed by atoms with van der Waals surface area (Å²) in [5, 5.41) is 8.29. The van der Waals surface area contributed by atoms with E-state index in [1.165, 1.54) is 10.1 Å². The average Bonchev–Trinajstić information content (AvgIpc) is 2.94. The smallest absolute Gasteiger partial charge is 0.191 e. The molecule has 0 saturated heterocycles. The largest absolute Gasteiger partial charge is 0.377 e. The third kappa shape index (κ3) is 1.94. The molecule has 4 nitrogen and oxygen atoms in total. The van der Waals surface area contributed by atoms with Gasteiger partial charge in [-0.25, -0.2) is 4.98 Å². The number of ether oxygens (including phenoxy) is 1. The van der Waals surface area contributed by atoms with E-state index >= 15 is 0 Å². The normalized spacial score (nSPS) is 11.1. The second-order valence-corrected chi connectivity index (χ2v) is 4.77. The molecule has 0 aliphatic heterocycles. The van der Waals surface area contributed by atoms with Crippen molar-refractivity contribution in [1.82, 2.24) is 15.2 Å². The van der Waals surface area contributed by atoms with Gasteiger partial charge in [0.1, 0.15) is 6.61 Å². The van der Waals surface area contributed by atoms with Gasteiger partial charge in [0, 0.05) is 11.8 Å². The lowest BCUT2D eigenvalue weighted by atomic mass is 10.2. The zero-order chi connectivity index (χ0) is 11.7. The molecule has 0 spiro atoms. The van der Waals surface area contributed by atoms with Crippen LogP contribution in [0.2, 0.25) is 0 Å². The molecule has 0 atom stereocenters. The maximum atomic E-state index is 5.01. The molecule has 17 heavy (non-hydrogen) atoms. The molecule has 0 unspecified atom stereocenters.